The summed E-state index contributed by atoms with van der Waals surface area (Å²) in [4.78, 5) is 33.0. The molecule has 1 fully saturated rings. The highest BCUT2D eigenvalue weighted by atomic mass is 16.6. The van der Waals surface area contributed by atoms with E-state index in [-0.39, 0.29) is 12.4 Å². The van der Waals surface area contributed by atoms with Gasteiger partial charge >= 0.3 is 5.97 Å². The van der Waals surface area contributed by atoms with Crippen molar-refractivity contribution in [2.75, 3.05) is 57.9 Å². The third-order valence-electron chi connectivity index (χ3n) is 4.85. The Hall–Kier alpha value is -3.13. The van der Waals surface area contributed by atoms with Crippen LogP contribution >= 0.6 is 0 Å². The first kappa shape index (κ1) is 21.6. The molecule has 0 bridgehead atoms. The van der Waals surface area contributed by atoms with Crippen LogP contribution in [0, 0.1) is 0 Å². The molecule has 0 amide bonds. The van der Waals surface area contributed by atoms with Gasteiger partial charge in [0.1, 0.15) is 17.3 Å². The summed E-state index contributed by atoms with van der Waals surface area (Å²) < 4.78 is 15.6. The highest BCUT2D eigenvalue weighted by Crippen LogP contribution is 2.25. The van der Waals surface area contributed by atoms with Crippen LogP contribution < -0.4 is 14.4 Å². The molecule has 0 spiro atoms. The van der Waals surface area contributed by atoms with Crippen LogP contribution in [0.3, 0.4) is 0 Å². The van der Waals surface area contributed by atoms with E-state index in [0.29, 0.717) is 30.2 Å². The average molecular weight is 413 g/mol. The zero-order valence-electron chi connectivity index (χ0n) is 17.4. The maximum absolute atomic E-state index is 12.8. The smallest absolute Gasteiger partial charge is 0.344 e. The Kier molecular flexibility index (Phi) is 7.62. The summed E-state index contributed by atoms with van der Waals surface area (Å²) >= 11 is 0. The van der Waals surface area contributed by atoms with Crippen LogP contribution in [0.5, 0.6) is 11.5 Å². The monoisotopic (exact) mass is 413 g/mol. The topological polar surface area (TPSA) is 81.2 Å². The summed E-state index contributed by atoms with van der Waals surface area (Å²) in [5.41, 5.74) is 0.494. The molecule has 160 valence electrons. The van der Waals surface area contributed by atoms with Gasteiger partial charge in [0, 0.05) is 38.4 Å². The number of carbonyl (C=O) groups excluding carboxylic acids is 2. The molecule has 30 heavy (non-hydrogen) atoms. The second-order valence-corrected chi connectivity index (χ2v) is 6.83. The second kappa shape index (κ2) is 10.6. The number of carbonyl (C=O) groups is 2. The minimum Gasteiger partial charge on any atom is -0.496 e. The summed E-state index contributed by atoms with van der Waals surface area (Å²) in [5, 5.41) is 0. The number of rotatable bonds is 9. The number of nitrogens with zero attached hydrogens (tertiary/aromatic N) is 3. The fraction of sp³-hybridized carbons (Fsp3) is 0.409. The van der Waals surface area contributed by atoms with E-state index in [1.165, 1.54) is 7.11 Å². The number of ether oxygens (including phenoxy) is 3. The van der Waals surface area contributed by atoms with Crippen molar-refractivity contribution in [3.63, 3.8) is 0 Å². The van der Waals surface area contributed by atoms with Gasteiger partial charge in [0.15, 0.2) is 12.4 Å². The molecule has 1 aromatic carbocycles. The molecule has 1 aliphatic rings. The van der Waals surface area contributed by atoms with Crippen LogP contribution in [0.1, 0.15) is 17.3 Å². The number of esters is 1. The lowest BCUT2D eigenvalue weighted by Gasteiger charge is -2.35. The van der Waals surface area contributed by atoms with E-state index in [2.05, 4.69) is 14.8 Å². The molecule has 0 atom stereocenters. The van der Waals surface area contributed by atoms with Crippen LogP contribution in [0.2, 0.25) is 0 Å². The number of methoxy groups -OCH3 is 1. The molecule has 8 heteroatoms. The van der Waals surface area contributed by atoms with E-state index in [1.807, 2.05) is 18.2 Å². The SMILES string of the molecule is CCOC(=O)COc1ccc(C(=O)CN2CCN(c3ccccn3)CC2)c(OC)c1. The molecule has 0 aliphatic carbocycles. The van der Waals surface area contributed by atoms with Gasteiger partial charge in [-0.15, -0.1) is 0 Å². The Bertz CT molecular complexity index is 851. The number of hydrogen-bond donors (Lipinski definition) is 0. The van der Waals surface area contributed by atoms with E-state index in [0.717, 1.165) is 32.0 Å². The first-order chi connectivity index (χ1) is 14.6. The Labute approximate surface area is 176 Å². The molecule has 2 heterocycles. The number of anilines is 1. The van der Waals surface area contributed by atoms with Crippen molar-refractivity contribution in [3.8, 4) is 11.5 Å². The Morgan fingerprint density at radius 3 is 2.57 bits per heavy atom. The van der Waals surface area contributed by atoms with Crippen molar-refractivity contribution in [2.24, 2.45) is 0 Å². The number of pyridine rings is 1. The molecule has 0 unspecified atom stereocenters. The lowest BCUT2D eigenvalue weighted by molar-refractivity contribution is -0.145. The van der Waals surface area contributed by atoms with Crippen molar-refractivity contribution >= 4 is 17.6 Å². The van der Waals surface area contributed by atoms with Crippen LogP contribution in [0.15, 0.2) is 42.6 Å². The van der Waals surface area contributed by atoms with Gasteiger partial charge in [-0.05, 0) is 31.2 Å². The van der Waals surface area contributed by atoms with Crippen LogP contribution in [0.25, 0.3) is 0 Å². The Balaban J connectivity index is 1.55. The third-order valence-corrected chi connectivity index (χ3v) is 4.85. The minimum atomic E-state index is -0.443. The molecule has 1 aliphatic heterocycles. The summed E-state index contributed by atoms with van der Waals surface area (Å²) in [5.74, 6) is 1.37. The second-order valence-electron chi connectivity index (χ2n) is 6.83. The van der Waals surface area contributed by atoms with Gasteiger partial charge in [0.25, 0.3) is 0 Å². The number of benzene rings is 1. The highest BCUT2D eigenvalue weighted by molar-refractivity contribution is 6.00. The third kappa shape index (κ3) is 5.70. The van der Waals surface area contributed by atoms with Gasteiger partial charge in [-0.25, -0.2) is 9.78 Å². The number of piperazine rings is 1. The fourth-order valence-corrected chi connectivity index (χ4v) is 3.30. The van der Waals surface area contributed by atoms with Crippen molar-refractivity contribution < 1.29 is 23.8 Å². The van der Waals surface area contributed by atoms with Crippen molar-refractivity contribution in [1.82, 2.24) is 9.88 Å². The normalized spacial score (nSPS) is 14.3. The van der Waals surface area contributed by atoms with Gasteiger partial charge in [-0.1, -0.05) is 6.07 Å². The standard InChI is InChI=1S/C22H27N3O5/c1-3-29-22(27)16-30-17-7-8-18(20(14-17)28-2)19(26)15-24-10-12-25(13-11-24)21-6-4-5-9-23-21/h4-9,14H,3,10-13,15-16H2,1-2H3. The van der Waals surface area contributed by atoms with Gasteiger partial charge in [-0.3, -0.25) is 9.69 Å². The number of hydrogen-bond acceptors (Lipinski definition) is 8. The Morgan fingerprint density at radius 2 is 1.90 bits per heavy atom. The average Bonchev–Trinajstić information content (AvgIpc) is 2.78. The van der Waals surface area contributed by atoms with E-state index >= 15 is 0 Å². The Morgan fingerprint density at radius 1 is 1.10 bits per heavy atom. The minimum absolute atomic E-state index is 0.0184. The summed E-state index contributed by atoms with van der Waals surface area (Å²) in [6.07, 6.45) is 1.79. The molecule has 8 nitrogen and oxygen atoms in total. The van der Waals surface area contributed by atoms with Crippen molar-refractivity contribution in [2.45, 2.75) is 6.92 Å². The first-order valence-electron chi connectivity index (χ1n) is 9.98. The maximum atomic E-state index is 12.8. The van der Waals surface area contributed by atoms with E-state index in [9.17, 15) is 9.59 Å². The number of Topliss-reactive ketones (excluding diaryl/α,β-unsaturated/α-hetero) is 1. The lowest BCUT2D eigenvalue weighted by atomic mass is 10.1. The zero-order valence-corrected chi connectivity index (χ0v) is 17.4. The van der Waals surface area contributed by atoms with Gasteiger partial charge < -0.3 is 19.1 Å². The zero-order chi connectivity index (χ0) is 21.3. The summed E-state index contributed by atoms with van der Waals surface area (Å²) in [6.45, 7) is 5.37. The predicted octanol–water partition coefficient (Wildman–Crippen LogP) is 2.04. The molecular weight excluding hydrogens is 386 g/mol. The molecule has 1 aromatic heterocycles. The summed E-state index contributed by atoms with van der Waals surface area (Å²) in [6, 6.07) is 10.8. The van der Waals surface area contributed by atoms with Crippen molar-refractivity contribution in [3.05, 3.63) is 48.2 Å². The quantitative estimate of drug-likeness (QED) is 0.456. The van der Waals surface area contributed by atoms with Gasteiger partial charge in [0.05, 0.1) is 25.8 Å². The van der Waals surface area contributed by atoms with Gasteiger partial charge in [0.2, 0.25) is 0 Å². The van der Waals surface area contributed by atoms with E-state index < -0.39 is 5.97 Å². The molecule has 3 rings (SSSR count). The molecule has 0 saturated carbocycles. The molecule has 0 N–H and O–H groups in total. The molecule has 2 aromatic rings. The lowest BCUT2D eigenvalue weighted by Crippen LogP contribution is -2.48. The first-order valence-corrected chi connectivity index (χ1v) is 9.98. The highest BCUT2D eigenvalue weighted by Gasteiger charge is 2.22. The van der Waals surface area contributed by atoms with Crippen LogP contribution in [-0.4, -0.2) is 74.7 Å². The van der Waals surface area contributed by atoms with Gasteiger partial charge in [-0.2, -0.15) is 0 Å². The number of ketones is 1. The molecule has 0 radical (unpaired) electrons. The number of aromatic nitrogens is 1. The fourth-order valence-electron chi connectivity index (χ4n) is 3.30. The maximum Gasteiger partial charge on any atom is 0.344 e. The van der Waals surface area contributed by atoms with Crippen LogP contribution in [0.4, 0.5) is 5.82 Å². The predicted molar refractivity (Wildman–Crippen MR) is 112 cm³/mol. The molecular formula is C22H27N3O5. The van der Waals surface area contributed by atoms with E-state index in [4.69, 9.17) is 14.2 Å². The van der Waals surface area contributed by atoms with Crippen molar-refractivity contribution in [1.29, 1.82) is 0 Å². The largest absolute Gasteiger partial charge is 0.496 e. The van der Waals surface area contributed by atoms with E-state index in [1.54, 1.807) is 31.3 Å². The summed E-state index contributed by atoms with van der Waals surface area (Å²) in [7, 11) is 1.51. The van der Waals surface area contributed by atoms with Crippen LogP contribution in [-0.2, 0) is 9.53 Å². The molecule has 1 saturated heterocycles.